The van der Waals surface area contributed by atoms with Crippen LogP contribution < -0.4 is 0 Å². The maximum absolute atomic E-state index is 12.9. The van der Waals surface area contributed by atoms with E-state index in [1.807, 2.05) is 0 Å². The van der Waals surface area contributed by atoms with Crippen molar-refractivity contribution < 1.29 is 26.0 Å². The summed E-state index contributed by atoms with van der Waals surface area (Å²) in [4.78, 5) is 9.09. The summed E-state index contributed by atoms with van der Waals surface area (Å²) in [5.74, 6) is -4.19. The van der Waals surface area contributed by atoms with Crippen LogP contribution in [0.5, 0.6) is 0 Å². The van der Waals surface area contributed by atoms with Gasteiger partial charge in [-0.15, -0.1) is 3.89 Å². The Morgan fingerprint density at radius 1 is 1.25 bits per heavy atom. The first kappa shape index (κ1) is 12.4. The molecule has 16 heavy (non-hydrogen) atoms. The fourth-order valence-electron chi connectivity index (χ4n) is 1.02. The van der Waals surface area contributed by atoms with Crippen LogP contribution in [0.15, 0.2) is 12.1 Å². The molecule has 0 N–H and O–H groups in total. The van der Waals surface area contributed by atoms with Crippen LogP contribution in [0.2, 0.25) is 0 Å². The van der Waals surface area contributed by atoms with Gasteiger partial charge >= 0.3 is 15.9 Å². The first-order valence-electron chi connectivity index (χ1n) is 3.75. The molecule has 0 amide bonds. The molecule has 0 radical (unpaired) electrons. The number of halogens is 3. The van der Waals surface area contributed by atoms with Gasteiger partial charge in [-0.1, -0.05) is 0 Å². The SMILES string of the molecule is O=[N+]([O-])c1cc(CS(=O)(=O)F)c(F)cc1F. The Morgan fingerprint density at radius 3 is 2.25 bits per heavy atom. The molecule has 88 valence electrons. The van der Waals surface area contributed by atoms with Crippen molar-refractivity contribution in [2.24, 2.45) is 0 Å². The standard InChI is InChI=1S/C7H4F3NO4S/c8-5-2-6(9)7(11(12)13)1-4(5)3-16(10,14)15/h1-2H,3H2. The molecule has 0 saturated carbocycles. The van der Waals surface area contributed by atoms with Crippen LogP contribution in [0.25, 0.3) is 0 Å². The normalized spacial score (nSPS) is 11.4. The molecule has 1 aromatic carbocycles. The lowest BCUT2D eigenvalue weighted by Gasteiger charge is -2.01. The van der Waals surface area contributed by atoms with Gasteiger partial charge in [0.05, 0.1) is 4.92 Å². The van der Waals surface area contributed by atoms with Crippen LogP contribution in [0.3, 0.4) is 0 Å². The Kier molecular flexibility index (Phi) is 3.17. The van der Waals surface area contributed by atoms with Gasteiger partial charge in [0.25, 0.3) is 0 Å². The van der Waals surface area contributed by atoms with Gasteiger partial charge in [-0.2, -0.15) is 12.8 Å². The number of nitro benzene ring substituents is 1. The lowest BCUT2D eigenvalue weighted by Crippen LogP contribution is -2.02. The summed E-state index contributed by atoms with van der Waals surface area (Å²) in [6.07, 6.45) is 0. The average molecular weight is 255 g/mol. The molecule has 0 saturated heterocycles. The van der Waals surface area contributed by atoms with Gasteiger partial charge in [0, 0.05) is 17.7 Å². The summed E-state index contributed by atoms with van der Waals surface area (Å²) in [5.41, 5.74) is -1.91. The summed E-state index contributed by atoms with van der Waals surface area (Å²) in [6.45, 7) is 0. The Morgan fingerprint density at radius 2 is 1.81 bits per heavy atom. The molecular weight excluding hydrogens is 251 g/mol. The number of nitro groups is 1. The number of hydrogen-bond acceptors (Lipinski definition) is 4. The Bertz CT molecular complexity index is 543. The van der Waals surface area contributed by atoms with Crippen LogP contribution in [0.1, 0.15) is 5.56 Å². The second-order valence-corrected chi connectivity index (χ2v) is 4.20. The summed E-state index contributed by atoms with van der Waals surface area (Å²) in [5, 5.41) is 10.3. The van der Waals surface area contributed by atoms with Gasteiger partial charge in [0.2, 0.25) is 5.82 Å². The molecule has 0 fully saturated rings. The van der Waals surface area contributed by atoms with Crippen LogP contribution in [-0.4, -0.2) is 13.3 Å². The molecule has 5 nitrogen and oxygen atoms in total. The Balaban J connectivity index is 3.31. The quantitative estimate of drug-likeness (QED) is 0.467. The number of benzene rings is 1. The van der Waals surface area contributed by atoms with E-state index in [4.69, 9.17) is 0 Å². The van der Waals surface area contributed by atoms with Crippen molar-refractivity contribution in [2.45, 2.75) is 5.75 Å². The van der Waals surface area contributed by atoms with Gasteiger partial charge in [-0.05, 0) is 0 Å². The van der Waals surface area contributed by atoms with E-state index >= 15 is 0 Å². The largest absolute Gasteiger partial charge is 0.306 e. The summed E-state index contributed by atoms with van der Waals surface area (Å²) >= 11 is 0. The zero-order chi connectivity index (χ0) is 12.5. The molecule has 0 aliphatic carbocycles. The van der Waals surface area contributed by atoms with E-state index in [0.29, 0.717) is 6.07 Å². The zero-order valence-corrected chi connectivity index (χ0v) is 8.30. The van der Waals surface area contributed by atoms with Crippen molar-refractivity contribution in [3.63, 3.8) is 0 Å². The van der Waals surface area contributed by atoms with Gasteiger partial charge in [-0.3, -0.25) is 10.1 Å². The van der Waals surface area contributed by atoms with Gasteiger partial charge < -0.3 is 0 Å². The maximum Gasteiger partial charge on any atom is 0.306 e. The monoisotopic (exact) mass is 255 g/mol. The van der Waals surface area contributed by atoms with E-state index in [2.05, 4.69) is 0 Å². The third-order valence-electron chi connectivity index (χ3n) is 1.64. The highest BCUT2D eigenvalue weighted by atomic mass is 32.3. The van der Waals surface area contributed by atoms with E-state index in [9.17, 15) is 31.2 Å². The lowest BCUT2D eigenvalue weighted by molar-refractivity contribution is -0.387. The van der Waals surface area contributed by atoms with Crippen LogP contribution in [-0.2, 0) is 16.0 Å². The van der Waals surface area contributed by atoms with E-state index in [1.54, 1.807) is 0 Å². The molecule has 0 spiro atoms. The Hall–Kier alpha value is -1.64. The minimum Gasteiger partial charge on any atom is -0.258 e. The first-order chi connectivity index (χ1) is 7.20. The molecule has 9 heteroatoms. The third kappa shape index (κ3) is 2.92. The van der Waals surface area contributed by atoms with Gasteiger partial charge in [-0.25, -0.2) is 4.39 Å². The smallest absolute Gasteiger partial charge is 0.258 e. The molecule has 0 bridgehead atoms. The first-order valence-corrected chi connectivity index (χ1v) is 5.30. The number of rotatable bonds is 3. The molecule has 0 aliphatic rings. The highest BCUT2D eigenvalue weighted by Gasteiger charge is 2.21. The van der Waals surface area contributed by atoms with Crippen molar-refractivity contribution in [2.75, 3.05) is 0 Å². The van der Waals surface area contributed by atoms with Crippen LogP contribution in [0.4, 0.5) is 18.4 Å². The van der Waals surface area contributed by atoms with E-state index in [-0.39, 0.29) is 6.07 Å². The third-order valence-corrected chi connectivity index (χ3v) is 2.30. The topological polar surface area (TPSA) is 77.3 Å². The highest BCUT2D eigenvalue weighted by molar-refractivity contribution is 7.85. The molecule has 0 aromatic heterocycles. The summed E-state index contributed by atoms with van der Waals surface area (Å²) < 4.78 is 58.4. The minimum absolute atomic E-state index is 0.138. The fraction of sp³-hybridized carbons (Fsp3) is 0.143. The van der Waals surface area contributed by atoms with Crippen LogP contribution in [0, 0.1) is 21.7 Å². The molecule has 1 rings (SSSR count). The maximum atomic E-state index is 12.9. The summed E-state index contributed by atoms with van der Waals surface area (Å²) in [7, 11) is -5.04. The van der Waals surface area contributed by atoms with Crippen molar-refractivity contribution in [3.8, 4) is 0 Å². The van der Waals surface area contributed by atoms with Crippen LogP contribution >= 0.6 is 0 Å². The summed E-state index contributed by atoms with van der Waals surface area (Å²) in [6, 6.07) is 0.487. The predicted molar refractivity (Wildman–Crippen MR) is 46.7 cm³/mol. The number of nitrogens with zero attached hydrogens (tertiary/aromatic N) is 1. The average Bonchev–Trinajstić information content (AvgIpc) is 2.07. The van der Waals surface area contributed by atoms with Crippen molar-refractivity contribution >= 4 is 15.9 Å². The molecule has 0 atom stereocenters. The Labute approximate surface area is 87.9 Å². The molecule has 0 heterocycles. The second-order valence-electron chi connectivity index (χ2n) is 2.84. The number of hydrogen-bond donors (Lipinski definition) is 0. The fourth-order valence-corrected chi connectivity index (χ4v) is 1.61. The minimum atomic E-state index is -5.04. The molecule has 0 aliphatic heterocycles. The molecular formula is C7H4F3NO4S. The highest BCUT2D eigenvalue weighted by Crippen LogP contribution is 2.23. The van der Waals surface area contributed by atoms with E-state index in [0.717, 1.165) is 0 Å². The zero-order valence-electron chi connectivity index (χ0n) is 7.48. The van der Waals surface area contributed by atoms with Crippen molar-refractivity contribution in [1.82, 2.24) is 0 Å². The lowest BCUT2D eigenvalue weighted by atomic mass is 10.2. The van der Waals surface area contributed by atoms with Gasteiger partial charge in [0.15, 0.2) is 0 Å². The van der Waals surface area contributed by atoms with Crippen molar-refractivity contribution in [1.29, 1.82) is 0 Å². The van der Waals surface area contributed by atoms with Gasteiger partial charge in [0.1, 0.15) is 11.6 Å². The second kappa shape index (κ2) is 4.08. The van der Waals surface area contributed by atoms with E-state index in [1.165, 1.54) is 0 Å². The van der Waals surface area contributed by atoms with Crippen molar-refractivity contribution in [3.05, 3.63) is 39.4 Å². The molecule has 0 unspecified atom stereocenters. The van der Waals surface area contributed by atoms with E-state index < -0.39 is 43.8 Å². The predicted octanol–water partition coefficient (Wildman–Crippen LogP) is 1.67. The molecule has 1 aromatic rings.